The Morgan fingerprint density at radius 3 is 2.43 bits per heavy atom. The lowest BCUT2D eigenvalue weighted by atomic mass is 9.84. The number of benzene rings is 1. The van der Waals surface area contributed by atoms with Crippen LogP contribution < -0.4 is 5.32 Å². The van der Waals surface area contributed by atoms with Gasteiger partial charge in [0.15, 0.2) is 0 Å². The van der Waals surface area contributed by atoms with Crippen molar-refractivity contribution in [1.82, 2.24) is 4.90 Å². The summed E-state index contributed by atoms with van der Waals surface area (Å²) in [6.45, 7) is 2.26. The standard InChI is InChI=1S/C17H22N2O2/c1-3-11-4-6-12(7-5-11)18-13-8-9-14-15(10-13)17(21)19(2)16(14)20/h8-12,18H,3-7H2,1-2H3. The zero-order valence-corrected chi connectivity index (χ0v) is 12.7. The molecular weight excluding hydrogens is 264 g/mol. The fraction of sp³-hybridized carbons (Fsp3) is 0.529. The van der Waals surface area contributed by atoms with Crippen molar-refractivity contribution in [3.63, 3.8) is 0 Å². The lowest BCUT2D eigenvalue weighted by Gasteiger charge is -2.29. The predicted octanol–water partition coefficient (Wildman–Crippen LogP) is 3.29. The SMILES string of the molecule is CCC1CCC(Nc2ccc3c(c2)C(=O)N(C)C3=O)CC1. The maximum absolute atomic E-state index is 12.0. The van der Waals surface area contributed by atoms with Crippen molar-refractivity contribution in [2.24, 2.45) is 5.92 Å². The molecule has 1 fully saturated rings. The van der Waals surface area contributed by atoms with Crippen LogP contribution in [0.4, 0.5) is 5.69 Å². The third kappa shape index (κ3) is 2.55. The van der Waals surface area contributed by atoms with Gasteiger partial charge in [-0.25, -0.2) is 0 Å². The van der Waals surface area contributed by atoms with Crippen LogP contribution in [0.2, 0.25) is 0 Å². The maximum atomic E-state index is 12.0. The van der Waals surface area contributed by atoms with Crippen LogP contribution in [0.15, 0.2) is 18.2 Å². The molecular formula is C17H22N2O2. The Morgan fingerprint density at radius 1 is 1.10 bits per heavy atom. The number of imide groups is 1. The van der Waals surface area contributed by atoms with E-state index in [4.69, 9.17) is 0 Å². The Bertz CT molecular complexity index is 574. The maximum Gasteiger partial charge on any atom is 0.261 e. The molecule has 0 spiro atoms. The van der Waals surface area contributed by atoms with Gasteiger partial charge in [0, 0.05) is 18.8 Å². The number of rotatable bonds is 3. The van der Waals surface area contributed by atoms with Gasteiger partial charge in [0.1, 0.15) is 0 Å². The molecule has 21 heavy (non-hydrogen) atoms. The summed E-state index contributed by atoms with van der Waals surface area (Å²) in [5.74, 6) is 0.467. The molecule has 4 nitrogen and oxygen atoms in total. The van der Waals surface area contributed by atoms with E-state index >= 15 is 0 Å². The number of hydrogen-bond donors (Lipinski definition) is 1. The van der Waals surface area contributed by atoms with Crippen molar-refractivity contribution in [3.8, 4) is 0 Å². The number of nitrogens with zero attached hydrogens (tertiary/aromatic N) is 1. The lowest BCUT2D eigenvalue weighted by molar-refractivity contribution is 0.0693. The van der Waals surface area contributed by atoms with Crippen LogP contribution in [-0.2, 0) is 0 Å². The number of amides is 2. The molecule has 0 radical (unpaired) electrons. The van der Waals surface area contributed by atoms with Crippen molar-refractivity contribution < 1.29 is 9.59 Å². The molecule has 0 unspecified atom stereocenters. The third-order valence-corrected chi connectivity index (χ3v) is 4.88. The fourth-order valence-electron chi connectivity index (χ4n) is 3.40. The van der Waals surface area contributed by atoms with Gasteiger partial charge in [0.05, 0.1) is 11.1 Å². The van der Waals surface area contributed by atoms with Crippen molar-refractivity contribution in [3.05, 3.63) is 29.3 Å². The average molecular weight is 286 g/mol. The molecule has 4 heteroatoms. The van der Waals surface area contributed by atoms with Crippen molar-refractivity contribution in [1.29, 1.82) is 0 Å². The van der Waals surface area contributed by atoms with Crippen molar-refractivity contribution in [2.75, 3.05) is 12.4 Å². The lowest BCUT2D eigenvalue weighted by Crippen LogP contribution is -2.26. The van der Waals surface area contributed by atoms with Gasteiger partial charge in [0.2, 0.25) is 0 Å². The Labute approximate surface area is 125 Å². The molecule has 1 aromatic carbocycles. The van der Waals surface area contributed by atoms with Gasteiger partial charge >= 0.3 is 0 Å². The second-order valence-electron chi connectivity index (χ2n) is 6.20. The van der Waals surface area contributed by atoms with Crippen LogP contribution >= 0.6 is 0 Å². The van der Waals surface area contributed by atoms with Gasteiger partial charge in [-0.05, 0) is 49.8 Å². The van der Waals surface area contributed by atoms with E-state index < -0.39 is 0 Å². The summed E-state index contributed by atoms with van der Waals surface area (Å²) in [6, 6.07) is 5.98. The normalized spacial score (nSPS) is 25.1. The van der Waals surface area contributed by atoms with Gasteiger partial charge in [-0.1, -0.05) is 13.3 Å². The number of nitrogens with one attached hydrogen (secondary N) is 1. The van der Waals surface area contributed by atoms with Crippen LogP contribution in [0.1, 0.15) is 59.7 Å². The van der Waals surface area contributed by atoms with Gasteiger partial charge in [-0.2, -0.15) is 0 Å². The molecule has 112 valence electrons. The Balaban J connectivity index is 1.71. The molecule has 0 aromatic heterocycles. The molecule has 2 aliphatic rings. The largest absolute Gasteiger partial charge is 0.382 e. The average Bonchev–Trinajstić information content (AvgIpc) is 2.73. The quantitative estimate of drug-likeness (QED) is 0.867. The van der Waals surface area contributed by atoms with Crippen molar-refractivity contribution >= 4 is 17.5 Å². The first kappa shape index (κ1) is 14.1. The van der Waals surface area contributed by atoms with E-state index in [1.54, 1.807) is 6.07 Å². The first-order chi connectivity index (χ1) is 10.1. The van der Waals surface area contributed by atoms with E-state index in [-0.39, 0.29) is 11.8 Å². The van der Waals surface area contributed by atoms with Crippen LogP contribution in [0.5, 0.6) is 0 Å². The summed E-state index contributed by atoms with van der Waals surface area (Å²) in [6.07, 6.45) is 6.19. The topological polar surface area (TPSA) is 49.4 Å². The molecule has 1 aliphatic carbocycles. The number of hydrogen-bond acceptors (Lipinski definition) is 3. The summed E-state index contributed by atoms with van der Waals surface area (Å²) in [4.78, 5) is 25.1. The second kappa shape index (κ2) is 5.51. The predicted molar refractivity (Wildman–Crippen MR) is 82.5 cm³/mol. The highest BCUT2D eigenvalue weighted by atomic mass is 16.2. The smallest absolute Gasteiger partial charge is 0.261 e. The van der Waals surface area contributed by atoms with E-state index in [1.165, 1.54) is 44.1 Å². The zero-order valence-electron chi connectivity index (χ0n) is 12.7. The summed E-state index contributed by atoms with van der Waals surface area (Å²) < 4.78 is 0. The highest BCUT2D eigenvalue weighted by molar-refractivity contribution is 6.21. The monoisotopic (exact) mass is 286 g/mol. The van der Waals surface area contributed by atoms with Gasteiger partial charge in [-0.3, -0.25) is 14.5 Å². The first-order valence-electron chi connectivity index (χ1n) is 7.83. The summed E-state index contributed by atoms with van der Waals surface area (Å²) in [5, 5.41) is 3.52. The van der Waals surface area contributed by atoms with Crippen LogP contribution in [-0.4, -0.2) is 29.8 Å². The Kier molecular flexibility index (Phi) is 3.70. The zero-order chi connectivity index (χ0) is 15.0. The molecule has 0 bridgehead atoms. The molecule has 3 rings (SSSR count). The van der Waals surface area contributed by atoms with Gasteiger partial charge in [-0.15, -0.1) is 0 Å². The molecule has 2 amide bonds. The van der Waals surface area contributed by atoms with E-state index in [1.807, 2.05) is 12.1 Å². The molecule has 1 saturated carbocycles. The second-order valence-corrected chi connectivity index (χ2v) is 6.20. The highest BCUT2D eigenvalue weighted by Crippen LogP contribution is 2.30. The van der Waals surface area contributed by atoms with E-state index in [9.17, 15) is 9.59 Å². The van der Waals surface area contributed by atoms with E-state index in [2.05, 4.69) is 12.2 Å². The summed E-state index contributed by atoms with van der Waals surface area (Å²) >= 11 is 0. The molecule has 1 aliphatic heterocycles. The number of fused-ring (bicyclic) bond motifs is 1. The van der Waals surface area contributed by atoms with Crippen LogP contribution in [0, 0.1) is 5.92 Å². The Hall–Kier alpha value is -1.84. The highest BCUT2D eigenvalue weighted by Gasteiger charge is 2.32. The fourth-order valence-corrected chi connectivity index (χ4v) is 3.40. The molecule has 1 N–H and O–H groups in total. The van der Waals surface area contributed by atoms with E-state index in [0.717, 1.165) is 11.6 Å². The van der Waals surface area contributed by atoms with Crippen LogP contribution in [0.25, 0.3) is 0 Å². The number of carbonyl (C=O) groups is 2. The number of anilines is 1. The molecule has 1 heterocycles. The molecule has 0 atom stereocenters. The van der Waals surface area contributed by atoms with Gasteiger partial charge < -0.3 is 5.32 Å². The minimum atomic E-state index is -0.204. The first-order valence-corrected chi connectivity index (χ1v) is 7.83. The summed E-state index contributed by atoms with van der Waals surface area (Å²) in [5.41, 5.74) is 1.99. The summed E-state index contributed by atoms with van der Waals surface area (Å²) in [7, 11) is 1.53. The van der Waals surface area contributed by atoms with E-state index in [0.29, 0.717) is 17.2 Å². The van der Waals surface area contributed by atoms with Gasteiger partial charge in [0.25, 0.3) is 11.8 Å². The molecule has 1 aromatic rings. The minimum absolute atomic E-state index is 0.201. The van der Waals surface area contributed by atoms with Crippen molar-refractivity contribution in [2.45, 2.75) is 45.1 Å². The Morgan fingerprint density at radius 2 is 1.76 bits per heavy atom. The minimum Gasteiger partial charge on any atom is -0.382 e. The molecule has 0 saturated heterocycles. The third-order valence-electron chi connectivity index (χ3n) is 4.88. The van der Waals surface area contributed by atoms with Crippen LogP contribution in [0.3, 0.4) is 0 Å². The number of carbonyl (C=O) groups excluding carboxylic acids is 2.